The summed E-state index contributed by atoms with van der Waals surface area (Å²) in [5.74, 6) is 0.802. The third-order valence-electron chi connectivity index (χ3n) is 4.60. The number of nitrogens with zero attached hydrogens (tertiary/aromatic N) is 2. The average molecular weight is 271 g/mol. The molecular formula is C16H21N3O. The van der Waals surface area contributed by atoms with Gasteiger partial charge in [0.1, 0.15) is 11.3 Å². The Bertz CT molecular complexity index is 525. The lowest BCUT2D eigenvalue weighted by molar-refractivity contribution is 0.165. The number of hydrogen-bond acceptors (Lipinski definition) is 4. The predicted molar refractivity (Wildman–Crippen MR) is 78.8 cm³/mol. The smallest absolute Gasteiger partial charge is 0.141 e. The van der Waals surface area contributed by atoms with Crippen LogP contribution in [0.5, 0.6) is 5.75 Å². The normalized spacial score (nSPS) is 29.5. The van der Waals surface area contributed by atoms with Crippen LogP contribution in [0.4, 0.5) is 5.69 Å². The lowest BCUT2D eigenvalue weighted by Crippen LogP contribution is -2.51. The van der Waals surface area contributed by atoms with Gasteiger partial charge in [0.2, 0.25) is 0 Å². The molecule has 0 radical (unpaired) electrons. The summed E-state index contributed by atoms with van der Waals surface area (Å²) < 4.78 is 5.38. The van der Waals surface area contributed by atoms with Crippen molar-refractivity contribution in [3.05, 3.63) is 24.3 Å². The number of ether oxygens (including phenoxy) is 1. The third-order valence-corrected chi connectivity index (χ3v) is 4.60. The second-order valence-electron chi connectivity index (χ2n) is 5.81. The minimum atomic E-state index is -0.458. The van der Waals surface area contributed by atoms with Gasteiger partial charge in [0, 0.05) is 12.6 Å². The highest BCUT2D eigenvalue weighted by Gasteiger charge is 2.42. The predicted octanol–water partition coefficient (Wildman–Crippen LogP) is 2.63. The number of nitriles is 1. The van der Waals surface area contributed by atoms with Crippen LogP contribution in [0.25, 0.3) is 0 Å². The maximum Gasteiger partial charge on any atom is 0.141 e. The van der Waals surface area contributed by atoms with Gasteiger partial charge in [-0.25, -0.2) is 0 Å². The monoisotopic (exact) mass is 271 g/mol. The number of methoxy groups -OCH3 is 1. The molecule has 4 heteroatoms. The van der Waals surface area contributed by atoms with Crippen molar-refractivity contribution in [1.29, 1.82) is 5.26 Å². The van der Waals surface area contributed by atoms with Gasteiger partial charge in [0.25, 0.3) is 0 Å². The molecule has 1 aromatic carbocycles. The first kappa shape index (κ1) is 13.3. The van der Waals surface area contributed by atoms with E-state index in [9.17, 15) is 5.26 Å². The molecule has 2 heterocycles. The molecule has 2 atom stereocenters. The standard InChI is InChI=1S/C16H21N3O/c1-20-15-7-3-2-6-14(15)18-16(12-17)8-10-19-9-4-5-13(19)11-16/h2-3,6-7,13,18H,4-5,8-11H2,1H3. The molecule has 0 amide bonds. The first-order chi connectivity index (χ1) is 9.76. The molecule has 2 aliphatic heterocycles. The Morgan fingerprint density at radius 2 is 2.25 bits per heavy atom. The van der Waals surface area contributed by atoms with Gasteiger partial charge in [-0.15, -0.1) is 0 Å². The van der Waals surface area contributed by atoms with E-state index in [1.165, 1.54) is 19.4 Å². The summed E-state index contributed by atoms with van der Waals surface area (Å²) in [6.07, 6.45) is 4.26. The molecule has 0 aromatic heterocycles. The van der Waals surface area contributed by atoms with Crippen molar-refractivity contribution in [1.82, 2.24) is 4.90 Å². The van der Waals surface area contributed by atoms with E-state index in [1.54, 1.807) is 7.11 Å². The first-order valence-corrected chi connectivity index (χ1v) is 7.33. The Hall–Kier alpha value is -1.73. The van der Waals surface area contributed by atoms with E-state index in [-0.39, 0.29) is 0 Å². The van der Waals surface area contributed by atoms with Crippen molar-refractivity contribution < 1.29 is 4.74 Å². The fraction of sp³-hybridized carbons (Fsp3) is 0.562. The van der Waals surface area contributed by atoms with Crippen molar-refractivity contribution in [3.63, 3.8) is 0 Å². The summed E-state index contributed by atoms with van der Waals surface area (Å²) >= 11 is 0. The molecule has 1 N–H and O–H groups in total. The fourth-order valence-corrected chi connectivity index (χ4v) is 3.51. The topological polar surface area (TPSA) is 48.3 Å². The Morgan fingerprint density at radius 1 is 1.40 bits per heavy atom. The largest absolute Gasteiger partial charge is 0.495 e. The van der Waals surface area contributed by atoms with Gasteiger partial charge in [-0.05, 0) is 44.4 Å². The highest BCUT2D eigenvalue weighted by molar-refractivity contribution is 5.59. The molecule has 0 spiro atoms. The van der Waals surface area contributed by atoms with Crippen LogP contribution in [0.3, 0.4) is 0 Å². The zero-order valence-corrected chi connectivity index (χ0v) is 11.9. The Morgan fingerprint density at radius 3 is 3.05 bits per heavy atom. The molecule has 0 aliphatic carbocycles. The first-order valence-electron chi connectivity index (χ1n) is 7.33. The van der Waals surface area contributed by atoms with Crippen LogP contribution in [0.1, 0.15) is 25.7 Å². The van der Waals surface area contributed by atoms with Crippen LogP contribution in [-0.2, 0) is 0 Å². The van der Waals surface area contributed by atoms with E-state index < -0.39 is 5.54 Å². The van der Waals surface area contributed by atoms with Crippen LogP contribution < -0.4 is 10.1 Å². The van der Waals surface area contributed by atoms with Crippen LogP contribution >= 0.6 is 0 Å². The van der Waals surface area contributed by atoms with Crippen molar-refractivity contribution in [2.45, 2.75) is 37.3 Å². The second kappa shape index (κ2) is 5.34. The van der Waals surface area contributed by atoms with Gasteiger partial charge in [0.15, 0.2) is 0 Å². The lowest BCUT2D eigenvalue weighted by atomic mass is 9.84. The van der Waals surface area contributed by atoms with Gasteiger partial charge in [0.05, 0.1) is 18.9 Å². The summed E-state index contributed by atoms with van der Waals surface area (Å²) in [7, 11) is 1.67. The number of anilines is 1. The maximum atomic E-state index is 9.71. The molecule has 4 nitrogen and oxygen atoms in total. The van der Waals surface area contributed by atoms with Crippen molar-refractivity contribution in [2.24, 2.45) is 0 Å². The molecule has 2 unspecified atom stereocenters. The highest BCUT2D eigenvalue weighted by atomic mass is 16.5. The van der Waals surface area contributed by atoms with Crippen molar-refractivity contribution in [2.75, 3.05) is 25.5 Å². The quantitative estimate of drug-likeness (QED) is 0.918. The highest BCUT2D eigenvalue weighted by Crippen LogP contribution is 2.37. The maximum absolute atomic E-state index is 9.71. The zero-order valence-electron chi connectivity index (χ0n) is 11.9. The number of hydrogen-bond donors (Lipinski definition) is 1. The van der Waals surface area contributed by atoms with E-state index in [0.717, 1.165) is 30.8 Å². The number of nitrogens with one attached hydrogen (secondary N) is 1. The summed E-state index contributed by atoms with van der Waals surface area (Å²) in [6, 6.07) is 10.9. The Labute approximate surface area is 120 Å². The van der Waals surface area contributed by atoms with E-state index in [0.29, 0.717) is 6.04 Å². The molecule has 106 valence electrons. The molecule has 0 saturated carbocycles. The summed E-state index contributed by atoms with van der Waals surface area (Å²) in [4.78, 5) is 2.53. The van der Waals surface area contributed by atoms with Gasteiger partial charge in [-0.2, -0.15) is 5.26 Å². The molecule has 2 aliphatic rings. The number of para-hydroxylation sites is 2. The number of piperidine rings is 1. The average Bonchev–Trinajstić information content (AvgIpc) is 2.95. The fourth-order valence-electron chi connectivity index (χ4n) is 3.51. The molecule has 0 bridgehead atoms. The molecular weight excluding hydrogens is 250 g/mol. The lowest BCUT2D eigenvalue weighted by Gasteiger charge is -2.41. The SMILES string of the molecule is COc1ccccc1NC1(C#N)CCN2CCCC2C1. The van der Waals surface area contributed by atoms with E-state index in [1.807, 2.05) is 24.3 Å². The van der Waals surface area contributed by atoms with Gasteiger partial charge >= 0.3 is 0 Å². The van der Waals surface area contributed by atoms with Gasteiger partial charge in [-0.1, -0.05) is 12.1 Å². The van der Waals surface area contributed by atoms with Crippen LogP contribution in [0.2, 0.25) is 0 Å². The summed E-state index contributed by atoms with van der Waals surface area (Å²) in [5.41, 5.74) is 0.461. The minimum Gasteiger partial charge on any atom is -0.495 e. The minimum absolute atomic E-state index is 0.458. The van der Waals surface area contributed by atoms with E-state index in [2.05, 4.69) is 16.3 Å². The molecule has 3 rings (SSSR count). The number of rotatable bonds is 3. The second-order valence-corrected chi connectivity index (χ2v) is 5.81. The Kier molecular flexibility index (Phi) is 3.54. The molecule has 2 fully saturated rings. The van der Waals surface area contributed by atoms with Crippen LogP contribution in [0, 0.1) is 11.3 Å². The zero-order chi connectivity index (χ0) is 14.0. The van der Waals surface area contributed by atoms with Crippen LogP contribution in [0.15, 0.2) is 24.3 Å². The number of fused-ring (bicyclic) bond motifs is 1. The third kappa shape index (κ3) is 2.34. The van der Waals surface area contributed by atoms with E-state index in [4.69, 9.17) is 4.74 Å². The van der Waals surface area contributed by atoms with E-state index >= 15 is 0 Å². The number of benzene rings is 1. The molecule has 20 heavy (non-hydrogen) atoms. The van der Waals surface area contributed by atoms with Crippen LogP contribution in [-0.4, -0.2) is 36.7 Å². The summed E-state index contributed by atoms with van der Waals surface area (Å²) in [5, 5.41) is 13.2. The molecule has 2 saturated heterocycles. The van der Waals surface area contributed by atoms with Crippen molar-refractivity contribution in [3.8, 4) is 11.8 Å². The van der Waals surface area contributed by atoms with Crippen molar-refractivity contribution >= 4 is 5.69 Å². The van der Waals surface area contributed by atoms with Gasteiger partial charge in [-0.3, -0.25) is 0 Å². The Balaban J connectivity index is 1.81. The van der Waals surface area contributed by atoms with Gasteiger partial charge < -0.3 is 15.0 Å². The summed E-state index contributed by atoms with van der Waals surface area (Å²) in [6.45, 7) is 2.21. The molecule has 1 aromatic rings.